The van der Waals surface area contributed by atoms with Gasteiger partial charge in [-0.3, -0.25) is 4.79 Å². The van der Waals surface area contributed by atoms with Crippen molar-refractivity contribution in [2.75, 3.05) is 24.7 Å². The molecule has 0 radical (unpaired) electrons. The normalized spacial score (nSPS) is 21.9. The SMILES string of the molecule is CCOC(=O)CSCC1CCCCN1. The van der Waals surface area contributed by atoms with Crippen molar-refractivity contribution in [3.63, 3.8) is 0 Å². The summed E-state index contributed by atoms with van der Waals surface area (Å²) in [4.78, 5) is 11.0. The summed E-state index contributed by atoms with van der Waals surface area (Å²) in [5, 5.41) is 3.45. The first-order valence-electron chi connectivity index (χ1n) is 5.29. The molecule has 1 rings (SSSR count). The Morgan fingerprint density at radius 1 is 1.57 bits per heavy atom. The van der Waals surface area contributed by atoms with Crippen LogP contribution in [-0.2, 0) is 9.53 Å². The Labute approximate surface area is 90.0 Å². The fourth-order valence-electron chi connectivity index (χ4n) is 1.55. The van der Waals surface area contributed by atoms with Gasteiger partial charge in [-0.05, 0) is 26.3 Å². The van der Waals surface area contributed by atoms with Crippen LogP contribution in [0.25, 0.3) is 0 Å². The number of ether oxygens (including phenoxy) is 1. The number of esters is 1. The quantitative estimate of drug-likeness (QED) is 0.707. The maximum Gasteiger partial charge on any atom is 0.315 e. The van der Waals surface area contributed by atoms with Gasteiger partial charge in [-0.25, -0.2) is 0 Å². The molecule has 0 aromatic carbocycles. The topological polar surface area (TPSA) is 38.3 Å². The van der Waals surface area contributed by atoms with E-state index in [1.807, 2.05) is 6.92 Å². The van der Waals surface area contributed by atoms with E-state index in [-0.39, 0.29) is 5.97 Å². The minimum Gasteiger partial charge on any atom is -0.465 e. The number of carbonyl (C=O) groups is 1. The zero-order valence-electron chi connectivity index (χ0n) is 8.75. The lowest BCUT2D eigenvalue weighted by atomic mass is 10.1. The van der Waals surface area contributed by atoms with Crippen LogP contribution in [0.4, 0.5) is 0 Å². The fraction of sp³-hybridized carbons (Fsp3) is 0.900. The van der Waals surface area contributed by atoms with Crippen LogP contribution in [0, 0.1) is 0 Å². The summed E-state index contributed by atoms with van der Waals surface area (Å²) in [6, 6.07) is 0.600. The summed E-state index contributed by atoms with van der Waals surface area (Å²) >= 11 is 1.67. The lowest BCUT2D eigenvalue weighted by Crippen LogP contribution is -2.36. The van der Waals surface area contributed by atoms with E-state index in [4.69, 9.17) is 4.74 Å². The van der Waals surface area contributed by atoms with Crippen molar-refractivity contribution in [2.45, 2.75) is 32.2 Å². The van der Waals surface area contributed by atoms with E-state index in [0.29, 0.717) is 18.4 Å². The predicted octanol–water partition coefficient (Wildman–Crippen LogP) is 1.42. The lowest BCUT2D eigenvalue weighted by Gasteiger charge is -2.22. The van der Waals surface area contributed by atoms with Gasteiger partial charge in [-0.15, -0.1) is 11.8 Å². The van der Waals surface area contributed by atoms with E-state index in [2.05, 4.69) is 5.32 Å². The number of nitrogens with one attached hydrogen (secondary N) is 1. The summed E-state index contributed by atoms with van der Waals surface area (Å²) in [5.41, 5.74) is 0. The second kappa shape index (κ2) is 7.12. The van der Waals surface area contributed by atoms with Gasteiger partial charge in [-0.2, -0.15) is 0 Å². The highest BCUT2D eigenvalue weighted by molar-refractivity contribution is 7.99. The molecule has 0 amide bonds. The van der Waals surface area contributed by atoms with Gasteiger partial charge in [-0.1, -0.05) is 6.42 Å². The average molecular weight is 217 g/mol. The minimum atomic E-state index is -0.0895. The molecular formula is C10H19NO2S. The molecule has 1 aliphatic heterocycles. The highest BCUT2D eigenvalue weighted by Crippen LogP contribution is 2.12. The highest BCUT2D eigenvalue weighted by atomic mass is 32.2. The van der Waals surface area contributed by atoms with E-state index in [1.54, 1.807) is 11.8 Å². The average Bonchev–Trinajstić information content (AvgIpc) is 2.20. The molecule has 1 fully saturated rings. The second-order valence-corrected chi connectivity index (χ2v) is 4.50. The third-order valence-corrected chi connectivity index (χ3v) is 3.33. The van der Waals surface area contributed by atoms with Crippen molar-refractivity contribution >= 4 is 17.7 Å². The molecule has 0 aromatic rings. The van der Waals surface area contributed by atoms with Crippen molar-refractivity contribution in [2.24, 2.45) is 0 Å². The molecule has 0 saturated carbocycles. The van der Waals surface area contributed by atoms with Crippen LogP contribution < -0.4 is 5.32 Å². The molecular weight excluding hydrogens is 198 g/mol. The Balaban J connectivity index is 1.99. The van der Waals surface area contributed by atoms with Crippen LogP contribution in [0.1, 0.15) is 26.2 Å². The first-order chi connectivity index (χ1) is 6.83. The molecule has 4 heteroatoms. The summed E-state index contributed by atoms with van der Waals surface area (Å²) in [6.45, 7) is 3.46. The maximum atomic E-state index is 11.0. The van der Waals surface area contributed by atoms with Crippen molar-refractivity contribution < 1.29 is 9.53 Å². The van der Waals surface area contributed by atoms with Gasteiger partial charge in [0.2, 0.25) is 0 Å². The van der Waals surface area contributed by atoms with Gasteiger partial charge < -0.3 is 10.1 Å². The monoisotopic (exact) mass is 217 g/mol. The molecule has 1 unspecified atom stereocenters. The minimum absolute atomic E-state index is 0.0895. The van der Waals surface area contributed by atoms with Crippen LogP contribution >= 0.6 is 11.8 Å². The van der Waals surface area contributed by atoms with Gasteiger partial charge in [0.15, 0.2) is 0 Å². The molecule has 1 atom stereocenters. The molecule has 1 heterocycles. The standard InChI is InChI=1S/C10H19NO2S/c1-2-13-10(12)8-14-7-9-5-3-4-6-11-9/h9,11H,2-8H2,1H3. The summed E-state index contributed by atoms with van der Waals surface area (Å²) in [6.07, 6.45) is 3.85. The number of piperidine rings is 1. The van der Waals surface area contributed by atoms with Crippen molar-refractivity contribution in [3.8, 4) is 0 Å². The van der Waals surface area contributed by atoms with E-state index in [0.717, 1.165) is 12.3 Å². The molecule has 0 aromatic heterocycles. The molecule has 14 heavy (non-hydrogen) atoms. The van der Waals surface area contributed by atoms with Gasteiger partial charge in [0.25, 0.3) is 0 Å². The molecule has 1 N–H and O–H groups in total. The van der Waals surface area contributed by atoms with E-state index in [9.17, 15) is 4.79 Å². The fourth-order valence-corrected chi connectivity index (χ4v) is 2.49. The van der Waals surface area contributed by atoms with E-state index in [1.165, 1.54) is 19.3 Å². The molecule has 3 nitrogen and oxygen atoms in total. The Bertz CT molecular complexity index is 170. The first kappa shape index (κ1) is 11.9. The van der Waals surface area contributed by atoms with Crippen LogP contribution in [0.2, 0.25) is 0 Å². The zero-order chi connectivity index (χ0) is 10.2. The highest BCUT2D eigenvalue weighted by Gasteiger charge is 2.12. The van der Waals surface area contributed by atoms with Crippen LogP contribution in [-0.4, -0.2) is 36.7 Å². The van der Waals surface area contributed by atoms with Crippen LogP contribution in [0.3, 0.4) is 0 Å². The second-order valence-electron chi connectivity index (χ2n) is 3.47. The number of hydrogen-bond acceptors (Lipinski definition) is 4. The molecule has 1 saturated heterocycles. The van der Waals surface area contributed by atoms with E-state index < -0.39 is 0 Å². The lowest BCUT2D eigenvalue weighted by molar-refractivity contribution is -0.139. The first-order valence-corrected chi connectivity index (χ1v) is 6.45. The summed E-state index contributed by atoms with van der Waals surface area (Å²) in [7, 11) is 0. The largest absolute Gasteiger partial charge is 0.465 e. The third-order valence-electron chi connectivity index (χ3n) is 2.26. The Kier molecular flexibility index (Phi) is 6.03. The van der Waals surface area contributed by atoms with Gasteiger partial charge >= 0.3 is 5.97 Å². The molecule has 1 aliphatic rings. The zero-order valence-corrected chi connectivity index (χ0v) is 9.57. The van der Waals surface area contributed by atoms with E-state index >= 15 is 0 Å². The smallest absolute Gasteiger partial charge is 0.315 e. The molecule has 0 aliphatic carbocycles. The van der Waals surface area contributed by atoms with Crippen LogP contribution in [0.15, 0.2) is 0 Å². The summed E-state index contributed by atoms with van der Waals surface area (Å²) < 4.78 is 4.85. The molecule has 0 bridgehead atoms. The number of hydrogen-bond donors (Lipinski definition) is 1. The molecule has 0 spiro atoms. The Morgan fingerprint density at radius 2 is 2.43 bits per heavy atom. The maximum absolute atomic E-state index is 11.0. The summed E-state index contributed by atoms with van der Waals surface area (Å²) in [5.74, 6) is 1.43. The number of thioether (sulfide) groups is 1. The van der Waals surface area contributed by atoms with Crippen molar-refractivity contribution in [1.82, 2.24) is 5.32 Å². The number of carbonyl (C=O) groups excluding carboxylic acids is 1. The van der Waals surface area contributed by atoms with Gasteiger partial charge in [0.1, 0.15) is 0 Å². The van der Waals surface area contributed by atoms with Crippen molar-refractivity contribution in [3.05, 3.63) is 0 Å². The van der Waals surface area contributed by atoms with Crippen LogP contribution in [0.5, 0.6) is 0 Å². The third kappa shape index (κ3) is 4.86. The van der Waals surface area contributed by atoms with Crippen molar-refractivity contribution in [1.29, 1.82) is 0 Å². The molecule has 82 valence electrons. The Morgan fingerprint density at radius 3 is 3.07 bits per heavy atom. The van der Waals surface area contributed by atoms with Gasteiger partial charge in [0.05, 0.1) is 12.4 Å². The predicted molar refractivity (Wildman–Crippen MR) is 59.6 cm³/mol. The van der Waals surface area contributed by atoms with Gasteiger partial charge in [0, 0.05) is 11.8 Å². The Hall–Kier alpha value is -0.220. The number of rotatable bonds is 5.